The number of aromatic nitrogens is 2. The number of rotatable bonds is 6. The molecule has 0 unspecified atom stereocenters. The molecule has 0 aliphatic heterocycles. The third kappa shape index (κ3) is 4.36. The molecule has 1 amide bonds. The van der Waals surface area contributed by atoms with E-state index in [0.29, 0.717) is 23.9 Å². The monoisotopic (exact) mass is 393 g/mol. The van der Waals surface area contributed by atoms with Gasteiger partial charge in [-0.25, -0.2) is 4.39 Å². The van der Waals surface area contributed by atoms with Gasteiger partial charge in [0.15, 0.2) is 0 Å². The molecular weight excluding hydrogens is 369 g/mol. The van der Waals surface area contributed by atoms with Gasteiger partial charge in [0.2, 0.25) is 11.3 Å². The van der Waals surface area contributed by atoms with E-state index >= 15 is 0 Å². The quantitative estimate of drug-likeness (QED) is 0.644. The SMILES string of the molecule is O=C(Cn1ncc(=O)c2ccccc21)N(CCc1ccc(F)cc1)C1CCCC1. The Labute approximate surface area is 168 Å². The fourth-order valence-corrected chi connectivity index (χ4v) is 4.13. The first-order valence-electron chi connectivity index (χ1n) is 10.1. The molecule has 3 aromatic rings. The molecule has 1 aromatic heterocycles. The first kappa shape index (κ1) is 19.3. The highest BCUT2D eigenvalue weighted by Gasteiger charge is 2.27. The Bertz CT molecular complexity index is 1060. The summed E-state index contributed by atoms with van der Waals surface area (Å²) in [6.07, 6.45) is 6.23. The van der Waals surface area contributed by atoms with Crippen molar-refractivity contribution in [3.05, 3.63) is 76.3 Å². The van der Waals surface area contributed by atoms with E-state index in [9.17, 15) is 14.0 Å². The van der Waals surface area contributed by atoms with E-state index < -0.39 is 0 Å². The lowest BCUT2D eigenvalue weighted by molar-refractivity contribution is -0.134. The van der Waals surface area contributed by atoms with Gasteiger partial charge in [0.25, 0.3) is 0 Å². The fourth-order valence-electron chi connectivity index (χ4n) is 4.13. The zero-order valence-electron chi connectivity index (χ0n) is 16.3. The number of para-hydroxylation sites is 1. The van der Waals surface area contributed by atoms with Gasteiger partial charge in [-0.15, -0.1) is 0 Å². The maximum Gasteiger partial charge on any atom is 0.244 e. The Morgan fingerprint density at radius 3 is 2.59 bits per heavy atom. The zero-order chi connectivity index (χ0) is 20.2. The molecule has 0 saturated heterocycles. The van der Waals surface area contributed by atoms with Crippen molar-refractivity contribution < 1.29 is 9.18 Å². The number of fused-ring (bicyclic) bond motifs is 1. The van der Waals surface area contributed by atoms with E-state index in [0.717, 1.165) is 31.2 Å². The van der Waals surface area contributed by atoms with E-state index in [2.05, 4.69) is 5.10 Å². The molecule has 150 valence electrons. The van der Waals surface area contributed by atoms with Crippen molar-refractivity contribution >= 4 is 16.8 Å². The number of carbonyl (C=O) groups is 1. The molecule has 0 N–H and O–H groups in total. The summed E-state index contributed by atoms with van der Waals surface area (Å²) >= 11 is 0. The third-order valence-electron chi connectivity index (χ3n) is 5.69. The predicted molar refractivity (Wildman–Crippen MR) is 110 cm³/mol. The van der Waals surface area contributed by atoms with Gasteiger partial charge in [-0.3, -0.25) is 14.3 Å². The van der Waals surface area contributed by atoms with Crippen LogP contribution in [-0.2, 0) is 17.8 Å². The van der Waals surface area contributed by atoms with Crippen LogP contribution in [-0.4, -0.2) is 33.2 Å². The van der Waals surface area contributed by atoms with E-state index in [1.165, 1.54) is 18.3 Å². The van der Waals surface area contributed by atoms with Gasteiger partial charge < -0.3 is 4.90 Å². The van der Waals surface area contributed by atoms with Gasteiger partial charge in [0, 0.05) is 18.0 Å². The van der Waals surface area contributed by atoms with Crippen molar-refractivity contribution in [3.63, 3.8) is 0 Å². The van der Waals surface area contributed by atoms with Crippen LogP contribution in [0, 0.1) is 5.82 Å². The van der Waals surface area contributed by atoms with Gasteiger partial charge >= 0.3 is 0 Å². The molecule has 29 heavy (non-hydrogen) atoms. The Balaban J connectivity index is 1.54. The van der Waals surface area contributed by atoms with Crippen molar-refractivity contribution in [1.82, 2.24) is 14.7 Å². The van der Waals surface area contributed by atoms with Gasteiger partial charge in [-0.05, 0) is 49.1 Å². The molecular formula is C23H24FN3O2. The van der Waals surface area contributed by atoms with Gasteiger partial charge in [-0.2, -0.15) is 5.10 Å². The molecule has 5 nitrogen and oxygen atoms in total. The molecule has 4 rings (SSSR count). The molecule has 0 radical (unpaired) electrons. The molecule has 6 heteroatoms. The van der Waals surface area contributed by atoms with Crippen LogP contribution in [0.1, 0.15) is 31.2 Å². The summed E-state index contributed by atoms with van der Waals surface area (Å²) in [5, 5.41) is 4.76. The number of carbonyl (C=O) groups excluding carboxylic acids is 1. The summed E-state index contributed by atoms with van der Waals surface area (Å²) in [6, 6.07) is 13.9. The van der Waals surface area contributed by atoms with E-state index in [1.807, 2.05) is 23.1 Å². The molecule has 1 saturated carbocycles. The Morgan fingerprint density at radius 2 is 1.83 bits per heavy atom. The van der Waals surface area contributed by atoms with Crippen molar-refractivity contribution in [3.8, 4) is 0 Å². The molecule has 1 fully saturated rings. The molecule has 1 aliphatic rings. The molecule has 1 heterocycles. The van der Waals surface area contributed by atoms with Gasteiger partial charge in [0.05, 0.1) is 11.7 Å². The molecule has 0 atom stereocenters. The van der Waals surface area contributed by atoms with Crippen LogP contribution in [0.5, 0.6) is 0 Å². The van der Waals surface area contributed by atoms with Crippen molar-refractivity contribution in [2.24, 2.45) is 0 Å². The number of benzene rings is 2. The predicted octanol–water partition coefficient (Wildman–Crippen LogP) is 3.55. The molecule has 1 aliphatic carbocycles. The largest absolute Gasteiger partial charge is 0.338 e. The number of amides is 1. The standard InChI is InChI=1S/C23H24FN3O2/c24-18-11-9-17(10-12-18)13-14-26(19-5-1-2-6-19)23(29)16-27-21-8-4-3-7-20(21)22(28)15-25-27/h3-4,7-12,15,19H,1-2,5-6,13-14,16H2. The summed E-state index contributed by atoms with van der Waals surface area (Å²) in [7, 11) is 0. The minimum atomic E-state index is -0.256. The molecule has 0 spiro atoms. The smallest absolute Gasteiger partial charge is 0.244 e. The summed E-state index contributed by atoms with van der Waals surface area (Å²) in [5.74, 6) is -0.256. The minimum absolute atomic E-state index is 0.000290. The lowest BCUT2D eigenvalue weighted by atomic mass is 10.1. The molecule has 0 bridgehead atoms. The number of nitrogens with zero attached hydrogens (tertiary/aromatic N) is 3. The van der Waals surface area contributed by atoms with Crippen LogP contribution >= 0.6 is 0 Å². The summed E-state index contributed by atoms with van der Waals surface area (Å²) in [4.78, 5) is 27.2. The second kappa shape index (κ2) is 8.55. The van der Waals surface area contributed by atoms with E-state index in [1.54, 1.807) is 22.9 Å². The first-order valence-corrected chi connectivity index (χ1v) is 10.1. The van der Waals surface area contributed by atoms with Gasteiger partial charge in [-0.1, -0.05) is 37.1 Å². The summed E-state index contributed by atoms with van der Waals surface area (Å²) in [5.41, 5.74) is 1.53. The summed E-state index contributed by atoms with van der Waals surface area (Å²) < 4.78 is 14.8. The van der Waals surface area contributed by atoms with Crippen LogP contribution in [0.4, 0.5) is 4.39 Å². The number of halogens is 1. The zero-order valence-corrected chi connectivity index (χ0v) is 16.3. The second-order valence-corrected chi connectivity index (χ2v) is 7.59. The van der Waals surface area contributed by atoms with Crippen LogP contribution in [0.3, 0.4) is 0 Å². The third-order valence-corrected chi connectivity index (χ3v) is 5.69. The van der Waals surface area contributed by atoms with Crippen LogP contribution < -0.4 is 5.43 Å². The Morgan fingerprint density at radius 1 is 1.10 bits per heavy atom. The maximum atomic E-state index is 13.2. The lowest BCUT2D eigenvalue weighted by Crippen LogP contribution is -2.42. The normalized spacial score (nSPS) is 14.4. The average molecular weight is 393 g/mol. The Kier molecular flexibility index (Phi) is 5.69. The minimum Gasteiger partial charge on any atom is -0.338 e. The van der Waals surface area contributed by atoms with Crippen LogP contribution in [0.15, 0.2) is 59.5 Å². The maximum absolute atomic E-state index is 13.2. The molecule has 2 aromatic carbocycles. The highest BCUT2D eigenvalue weighted by atomic mass is 19.1. The van der Waals surface area contributed by atoms with Crippen molar-refractivity contribution in [1.29, 1.82) is 0 Å². The average Bonchev–Trinajstić information content (AvgIpc) is 3.26. The van der Waals surface area contributed by atoms with E-state index in [4.69, 9.17) is 0 Å². The Hall–Kier alpha value is -3.02. The van der Waals surface area contributed by atoms with Crippen LogP contribution in [0.25, 0.3) is 10.9 Å². The van der Waals surface area contributed by atoms with Crippen molar-refractivity contribution in [2.45, 2.75) is 44.7 Å². The number of hydrogen-bond donors (Lipinski definition) is 0. The highest BCUT2D eigenvalue weighted by molar-refractivity contribution is 5.81. The van der Waals surface area contributed by atoms with Crippen LogP contribution in [0.2, 0.25) is 0 Å². The number of hydrogen-bond acceptors (Lipinski definition) is 3. The first-order chi connectivity index (χ1) is 14.1. The topological polar surface area (TPSA) is 55.2 Å². The van der Waals surface area contributed by atoms with Crippen molar-refractivity contribution in [2.75, 3.05) is 6.54 Å². The fraction of sp³-hybridized carbons (Fsp3) is 0.348. The van der Waals surface area contributed by atoms with E-state index in [-0.39, 0.29) is 29.7 Å². The second-order valence-electron chi connectivity index (χ2n) is 7.59. The van der Waals surface area contributed by atoms with Gasteiger partial charge in [0.1, 0.15) is 12.4 Å². The summed E-state index contributed by atoms with van der Waals surface area (Å²) in [6.45, 7) is 0.688. The lowest BCUT2D eigenvalue weighted by Gasteiger charge is -2.29. The highest BCUT2D eigenvalue weighted by Crippen LogP contribution is 2.24.